The van der Waals surface area contributed by atoms with Gasteiger partial charge in [-0.25, -0.2) is 4.79 Å². The minimum absolute atomic E-state index is 0.336. The molecule has 1 atom stereocenters. The fourth-order valence-corrected chi connectivity index (χ4v) is 1.74. The van der Waals surface area contributed by atoms with Crippen molar-refractivity contribution < 1.29 is 45.4 Å². The molecule has 0 saturated heterocycles. The summed E-state index contributed by atoms with van der Waals surface area (Å²) in [5.74, 6) is -11.0. The van der Waals surface area contributed by atoms with Crippen molar-refractivity contribution in [2.24, 2.45) is 0 Å². The van der Waals surface area contributed by atoms with Gasteiger partial charge < -0.3 is 14.8 Å². The summed E-state index contributed by atoms with van der Waals surface area (Å²) in [6, 6.07) is 7.51. The van der Waals surface area contributed by atoms with Crippen molar-refractivity contribution in [1.29, 1.82) is 0 Å². The number of hydrogen-bond donors (Lipinski definition) is 2. The van der Waals surface area contributed by atoms with Crippen LogP contribution in [0, 0.1) is 0 Å². The van der Waals surface area contributed by atoms with E-state index in [4.69, 9.17) is 0 Å². The van der Waals surface area contributed by atoms with Crippen LogP contribution in [0.2, 0.25) is 0 Å². The molecule has 27 heavy (non-hydrogen) atoms. The Morgan fingerprint density at radius 3 is 2.11 bits per heavy atom. The van der Waals surface area contributed by atoms with Crippen LogP contribution in [0.25, 0.3) is 0 Å². The van der Waals surface area contributed by atoms with Crippen molar-refractivity contribution in [3.63, 3.8) is 0 Å². The average Bonchev–Trinajstić information content (AvgIpc) is 2.55. The fraction of sp³-hybridized carbons (Fsp3) is 0.333. The van der Waals surface area contributed by atoms with Gasteiger partial charge in [0.25, 0.3) is 0 Å². The largest absolute Gasteiger partial charge is 0.466 e. The highest BCUT2D eigenvalue weighted by Gasteiger charge is 2.67. The number of hydrogen-bond acceptors (Lipinski definition) is 5. The van der Waals surface area contributed by atoms with Gasteiger partial charge in [-0.3, -0.25) is 4.79 Å². The van der Waals surface area contributed by atoms with Crippen molar-refractivity contribution >= 4 is 24.5 Å². The molecule has 12 heteroatoms. The molecule has 0 fully saturated rings. The fourth-order valence-electron chi connectivity index (χ4n) is 1.68. The number of carbonyl (C=O) groups excluding carboxylic acids is 2. The Hall–Kier alpha value is -2.21. The van der Waals surface area contributed by atoms with E-state index in [1.807, 2.05) is 0 Å². The zero-order valence-electron chi connectivity index (χ0n) is 13.4. The molecule has 1 aromatic rings. The molecule has 0 heterocycles. The van der Waals surface area contributed by atoms with Crippen molar-refractivity contribution in [2.45, 2.75) is 23.8 Å². The lowest BCUT2D eigenvalue weighted by molar-refractivity contribution is -0.352. The van der Waals surface area contributed by atoms with Crippen molar-refractivity contribution in [1.82, 2.24) is 5.32 Å². The number of thiol groups is 1. The van der Waals surface area contributed by atoms with Gasteiger partial charge in [-0.05, 0) is 5.56 Å². The standard InChI is InChI=1S/C15H13F6NO4S/c1-9(16)11(23)26-14(15(19,20)21,25-8-13(17,18)27)12(24)22-7-10-5-3-2-4-6-10/h2-6,27H,1,7-8H2,(H,22,24). The van der Waals surface area contributed by atoms with Gasteiger partial charge >= 0.3 is 29.1 Å². The van der Waals surface area contributed by atoms with Crippen LogP contribution < -0.4 is 5.32 Å². The van der Waals surface area contributed by atoms with Crippen LogP contribution in [0.5, 0.6) is 0 Å². The molecule has 1 unspecified atom stereocenters. The van der Waals surface area contributed by atoms with E-state index in [9.17, 15) is 35.9 Å². The lowest BCUT2D eigenvalue weighted by Crippen LogP contribution is -2.62. The van der Waals surface area contributed by atoms with Crippen LogP contribution in [0.15, 0.2) is 42.7 Å². The van der Waals surface area contributed by atoms with Crippen LogP contribution in [-0.2, 0) is 25.6 Å². The first-order chi connectivity index (χ1) is 12.3. The number of benzene rings is 1. The smallest absolute Gasteiger partial charge is 0.410 e. The van der Waals surface area contributed by atoms with E-state index in [0.29, 0.717) is 5.56 Å². The number of amides is 1. The summed E-state index contributed by atoms with van der Waals surface area (Å²) >= 11 is 2.68. The first-order valence-corrected chi connectivity index (χ1v) is 7.44. The van der Waals surface area contributed by atoms with Gasteiger partial charge in [-0.2, -0.15) is 26.3 Å². The molecule has 0 saturated carbocycles. The van der Waals surface area contributed by atoms with Gasteiger partial charge in [0, 0.05) is 6.54 Å². The second kappa shape index (κ2) is 8.65. The van der Waals surface area contributed by atoms with Gasteiger partial charge in [-0.1, -0.05) is 36.9 Å². The Bertz CT molecular complexity index is 692. The molecule has 1 aromatic carbocycles. The maximum Gasteiger partial charge on any atom is 0.466 e. The van der Waals surface area contributed by atoms with Gasteiger partial charge in [0.05, 0.1) is 0 Å². The van der Waals surface area contributed by atoms with Gasteiger partial charge in [0.1, 0.15) is 6.61 Å². The molecular weight excluding hydrogens is 404 g/mol. The van der Waals surface area contributed by atoms with E-state index in [0.717, 1.165) is 0 Å². The molecule has 0 aliphatic heterocycles. The van der Waals surface area contributed by atoms with Crippen molar-refractivity contribution in [3.8, 4) is 0 Å². The second-order valence-electron chi connectivity index (χ2n) is 5.03. The average molecular weight is 417 g/mol. The zero-order chi connectivity index (χ0) is 20.9. The number of esters is 1. The second-order valence-corrected chi connectivity index (χ2v) is 5.69. The normalized spacial score (nSPS) is 14.2. The first-order valence-electron chi connectivity index (χ1n) is 6.99. The Labute approximate surface area is 154 Å². The van der Waals surface area contributed by atoms with Crippen molar-refractivity contribution in [3.05, 3.63) is 48.3 Å². The molecule has 1 amide bonds. The molecule has 0 radical (unpaired) electrons. The summed E-state index contributed by atoms with van der Waals surface area (Å²) in [6.45, 7) is -0.139. The Kier molecular flexibility index (Phi) is 7.32. The lowest BCUT2D eigenvalue weighted by atomic mass is 10.2. The number of halogens is 6. The van der Waals surface area contributed by atoms with Crippen LogP contribution in [0.3, 0.4) is 0 Å². The Balaban J connectivity index is 3.19. The number of carbonyl (C=O) groups is 2. The number of alkyl halides is 5. The molecule has 0 aromatic heterocycles. The third-order valence-electron chi connectivity index (χ3n) is 2.88. The van der Waals surface area contributed by atoms with E-state index >= 15 is 0 Å². The highest BCUT2D eigenvalue weighted by Crippen LogP contribution is 2.37. The summed E-state index contributed by atoms with van der Waals surface area (Å²) < 4.78 is 86.6. The predicted octanol–water partition coefficient (Wildman–Crippen LogP) is 3.13. The number of nitrogens with one attached hydrogen (secondary N) is 1. The highest BCUT2D eigenvalue weighted by molar-refractivity contribution is 7.81. The van der Waals surface area contributed by atoms with E-state index in [2.05, 4.69) is 28.7 Å². The molecular formula is C15H13F6NO4S. The van der Waals surface area contributed by atoms with Crippen LogP contribution in [0.1, 0.15) is 5.56 Å². The number of ether oxygens (including phenoxy) is 2. The molecule has 150 valence electrons. The van der Waals surface area contributed by atoms with Gasteiger partial charge in [0.2, 0.25) is 5.83 Å². The summed E-state index contributed by atoms with van der Waals surface area (Å²) in [5.41, 5.74) is 0.336. The predicted molar refractivity (Wildman–Crippen MR) is 83.3 cm³/mol. The van der Waals surface area contributed by atoms with Crippen LogP contribution in [-0.4, -0.2) is 35.7 Å². The molecule has 0 bridgehead atoms. The Morgan fingerprint density at radius 1 is 1.11 bits per heavy atom. The molecule has 1 rings (SSSR count). The summed E-state index contributed by atoms with van der Waals surface area (Å²) in [4.78, 5) is 23.3. The van der Waals surface area contributed by atoms with E-state index in [1.54, 1.807) is 11.4 Å². The maximum atomic E-state index is 13.5. The molecule has 5 nitrogen and oxygen atoms in total. The van der Waals surface area contributed by atoms with Crippen LogP contribution in [0.4, 0.5) is 26.3 Å². The summed E-state index contributed by atoms with van der Waals surface area (Å²) in [6.07, 6.45) is -5.84. The molecule has 0 aliphatic carbocycles. The van der Waals surface area contributed by atoms with E-state index in [-0.39, 0.29) is 0 Å². The SMILES string of the molecule is C=C(F)C(=O)OC(OCC(F)(F)S)(C(=O)NCc1ccccc1)C(F)(F)F. The third-order valence-corrected chi connectivity index (χ3v) is 3.00. The topological polar surface area (TPSA) is 64.6 Å². The van der Waals surface area contributed by atoms with E-state index in [1.165, 1.54) is 24.3 Å². The Morgan fingerprint density at radius 2 is 1.67 bits per heavy atom. The van der Waals surface area contributed by atoms with E-state index < -0.39 is 48.1 Å². The highest BCUT2D eigenvalue weighted by atomic mass is 32.1. The number of rotatable bonds is 8. The monoisotopic (exact) mass is 417 g/mol. The maximum absolute atomic E-state index is 13.5. The van der Waals surface area contributed by atoms with Crippen molar-refractivity contribution in [2.75, 3.05) is 6.61 Å². The minimum Gasteiger partial charge on any atom is -0.410 e. The summed E-state index contributed by atoms with van der Waals surface area (Å²) in [7, 11) is 0. The minimum atomic E-state index is -5.84. The first kappa shape index (κ1) is 22.8. The van der Waals surface area contributed by atoms with Gasteiger partial charge in [0.15, 0.2) is 0 Å². The third kappa shape index (κ3) is 6.47. The molecule has 1 N–H and O–H groups in total. The summed E-state index contributed by atoms with van der Waals surface area (Å²) in [5, 5.41) is -2.37. The van der Waals surface area contributed by atoms with Crippen LogP contribution >= 0.6 is 12.6 Å². The molecule has 0 aliphatic rings. The lowest BCUT2D eigenvalue weighted by Gasteiger charge is -2.33. The molecule has 0 spiro atoms. The zero-order valence-corrected chi connectivity index (χ0v) is 14.3. The van der Waals surface area contributed by atoms with Gasteiger partial charge in [-0.15, -0.1) is 12.6 Å². The quantitative estimate of drug-likeness (QED) is 0.224.